The molecular weight excluding hydrogens is 340 g/mol. The van der Waals surface area contributed by atoms with Crippen LogP contribution >= 0.6 is 0 Å². The fraction of sp³-hybridized carbons (Fsp3) is 0.600. The molecule has 2 aliphatic rings. The van der Waals surface area contributed by atoms with Crippen molar-refractivity contribution in [1.29, 1.82) is 0 Å². The highest BCUT2D eigenvalue weighted by atomic mass is 16.3. The largest absolute Gasteiger partial charge is 0.393 e. The van der Waals surface area contributed by atoms with Gasteiger partial charge in [-0.15, -0.1) is 0 Å². The Hall–Kier alpha value is -2.28. The van der Waals surface area contributed by atoms with Gasteiger partial charge in [0.15, 0.2) is 0 Å². The third-order valence-corrected chi connectivity index (χ3v) is 5.51. The summed E-state index contributed by atoms with van der Waals surface area (Å²) in [4.78, 5) is 20.4. The van der Waals surface area contributed by atoms with Crippen LogP contribution in [-0.2, 0) is 6.42 Å². The molecule has 7 heteroatoms. The Morgan fingerprint density at radius 1 is 1.19 bits per heavy atom. The van der Waals surface area contributed by atoms with Crippen LogP contribution in [0.1, 0.15) is 56.2 Å². The van der Waals surface area contributed by atoms with E-state index in [0.29, 0.717) is 0 Å². The number of hydrogen-bond donors (Lipinski definition) is 2. The van der Waals surface area contributed by atoms with Gasteiger partial charge in [-0.2, -0.15) is 0 Å². The van der Waals surface area contributed by atoms with Crippen molar-refractivity contribution < 1.29 is 5.11 Å². The normalized spacial score (nSPS) is 22.4. The van der Waals surface area contributed by atoms with E-state index < -0.39 is 0 Å². The maximum Gasteiger partial charge on any atom is 0.225 e. The predicted octanol–water partition coefficient (Wildman–Crippen LogP) is 2.66. The predicted molar refractivity (Wildman–Crippen MR) is 105 cm³/mol. The van der Waals surface area contributed by atoms with Crippen LogP contribution in [0.4, 0.5) is 11.8 Å². The van der Waals surface area contributed by atoms with E-state index in [1.165, 1.54) is 0 Å². The number of nitrogens with zero attached hydrogens (tertiary/aromatic N) is 5. The number of piperidine rings is 1. The molecule has 1 saturated heterocycles. The van der Waals surface area contributed by atoms with Gasteiger partial charge in [-0.3, -0.25) is 0 Å². The van der Waals surface area contributed by atoms with Crippen molar-refractivity contribution in [2.75, 3.05) is 23.3 Å². The molecule has 0 unspecified atom stereocenters. The van der Waals surface area contributed by atoms with Crippen LogP contribution in [-0.4, -0.2) is 44.2 Å². The third-order valence-electron chi connectivity index (χ3n) is 5.51. The molecule has 2 aromatic rings. The Kier molecular flexibility index (Phi) is 4.72. The third kappa shape index (κ3) is 4.03. The van der Waals surface area contributed by atoms with Crippen LogP contribution in [0, 0.1) is 12.3 Å². The molecule has 0 radical (unpaired) electrons. The lowest BCUT2D eigenvalue weighted by Crippen LogP contribution is -2.38. The lowest BCUT2D eigenvalue weighted by Gasteiger charge is -2.37. The molecule has 2 aromatic heterocycles. The minimum Gasteiger partial charge on any atom is -0.393 e. The Balaban J connectivity index is 1.61. The molecule has 27 heavy (non-hydrogen) atoms. The second-order valence-electron chi connectivity index (χ2n) is 8.52. The molecule has 144 valence electrons. The zero-order chi connectivity index (χ0) is 19.0. The lowest BCUT2D eigenvalue weighted by atomic mass is 9.74. The molecule has 4 rings (SSSR count). The fourth-order valence-electron chi connectivity index (χ4n) is 4.10. The number of hydrogen-bond acceptors (Lipinski definition) is 7. The Morgan fingerprint density at radius 3 is 2.70 bits per heavy atom. The molecule has 1 fully saturated rings. The van der Waals surface area contributed by atoms with Crippen LogP contribution in [0.2, 0.25) is 0 Å². The number of aliphatic hydroxyl groups excluding tert-OH is 1. The molecule has 1 aliphatic carbocycles. The summed E-state index contributed by atoms with van der Waals surface area (Å²) in [6.07, 6.45) is 7.07. The molecule has 7 nitrogen and oxygen atoms in total. The first-order chi connectivity index (χ1) is 12.9. The van der Waals surface area contributed by atoms with Crippen molar-refractivity contribution >= 4 is 11.8 Å². The average molecular weight is 368 g/mol. The van der Waals surface area contributed by atoms with Crippen LogP contribution in [0.3, 0.4) is 0 Å². The minimum atomic E-state index is -0.192. The molecule has 0 aromatic carbocycles. The van der Waals surface area contributed by atoms with Gasteiger partial charge in [0.25, 0.3) is 0 Å². The van der Waals surface area contributed by atoms with Crippen LogP contribution in [0.25, 0.3) is 0 Å². The number of nitrogens with one attached hydrogen (secondary N) is 1. The highest BCUT2D eigenvalue weighted by molar-refractivity contribution is 5.42. The summed E-state index contributed by atoms with van der Waals surface area (Å²) in [5.41, 5.74) is 2.42. The monoisotopic (exact) mass is 368 g/mol. The number of anilines is 2. The van der Waals surface area contributed by atoms with Crippen molar-refractivity contribution in [1.82, 2.24) is 19.9 Å². The smallest absolute Gasteiger partial charge is 0.225 e. The van der Waals surface area contributed by atoms with Crippen molar-refractivity contribution in [2.24, 2.45) is 5.41 Å². The fourth-order valence-corrected chi connectivity index (χ4v) is 4.10. The van der Waals surface area contributed by atoms with Gasteiger partial charge in [-0.05, 0) is 44.1 Å². The minimum absolute atomic E-state index is 0.135. The van der Waals surface area contributed by atoms with Crippen molar-refractivity contribution in [2.45, 2.75) is 58.6 Å². The van der Waals surface area contributed by atoms with E-state index in [1.807, 2.05) is 19.2 Å². The SMILES string of the molecule is Cc1nccc(N[C@H]2CC(C)(C)Cc3nc(N4CCC(O)CC4)ncc32)n1. The average Bonchev–Trinajstić information content (AvgIpc) is 2.61. The van der Waals surface area contributed by atoms with Crippen molar-refractivity contribution in [3.63, 3.8) is 0 Å². The number of fused-ring (bicyclic) bond motifs is 1. The molecule has 3 heterocycles. The Morgan fingerprint density at radius 2 is 1.96 bits per heavy atom. The number of aliphatic hydroxyl groups is 1. The summed E-state index contributed by atoms with van der Waals surface area (Å²) in [6.45, 7) is 8.09. The summed E-state index contributed by atoms with van der Waals surface area (Å²) in [7, 11) is 0. The molecule has 0 saturated carbocycles. The molecule has 1 atom stereocenters. The highest BCUT2D eigenvalue weighted by Crippen LogP contribution is 2.41. The number of aromatic nitrogens is 4. The maximum absolute atomic E-state index is 9.74. The Bertz CT molecular complexity index is 816. The van der Waals surface area contributed by atoms with E-state index in [4.69, 9.17) is 4.98 Å². The summed E-state index contributed by atoms with van der Waals surface area (Å²) in [5, 5.41) is 13.3. The Labute approximate surface area is 160 Å². The van der Waals surface area contributed by atoms with E-state index in [0.717, 1.165) is 67.6 Å². The van der Waals surface area contributed by atoms with E-state index >= 15 is 0 Å². The van der Waals surface area contributed by atoms with E-state index in [-0.39, 0.29) is 17.6 Å². The van der Waals surface area contributed by atoms with Gasteiger partial charge >= 0.3 is 0 Å². The number of rotatable bonds is 3. The van der Waals surface area contributed by atoms with Crippen LogP contribution in [0.15, 0.2) is 18.5 Å². The summed E-state index contributed by atoms with van der Waals surface area (Å²) < 4.78 is 0. The van der Waals surface area contributed by atoms with Crippen molar-refractivity contribution in [3.05, 3.63) is 35.5 Å². The first kappa shape index (κ1) is 18.1. The van der Waals surface area contributed by atoms with Gasteiger partial charge in [0.05, 0.1) is 17.8 Å². The van der Waals surface area contributed by atoms with Crippen LogP contribution < -0.4 is 10.2 Å². The molecule has 0 amide bonds. The number of aryl methyl sites for hydroxylation is 1. The summed E-state index contributed by atoms with van der Waals surface area (Å²) >= 11 is 0. The maximum atomic E-state index is 9.74. The second-order valence-corrected chi connectivity index (χ2v) is 8.52. The van der Waals surface area contributed by atoms with Crippen LogP contribution in [0.5, 0.6) is 0 Å². The molecule has 0 spiro atoms. The zero-order valence-electron chi connectivity index (χ0n) is 16.3. The van der Waals surface area contributed by atoms with E-state index in [2.05, 4.69) is 39.0 Å². The topological polar surface area (TPSA) is 87.1 Å². The molecular formula is C20H28N6O. The van der Waals surface area contributed by atoms with Gasteiger partial charge in [0.1, 0.15) is 11.6 Å². The molecule has 0 bridgehead atoms. The quantitative estimate of drug-likeness (QED) is 0.861. The summed E-state index contributed by atoms with van der Waals surface area (Å²) in [5.74, 6) is 2.38. The van der Waals surface area contributed by atoms with Gasteiger partial charge in [-0.25, -0.2) is 19.9 Å². The van der Waals surface area contributed by atoms with Gasteiger partial charge in [-0.1, -0.05) is 13.8 Å². The van der Waals surface area contributed by atoms with Gasteiger partial charge in [0.2, 0.25) is 5.95 Å². The second kappa shape index (κ2) is 7.03. The molecule has 2 N–H and O–H groups in total. The highest BCUT2D eigenvalue weighted by Gasteiger charge is 2.34. The van der Waals surface area contributed by atoms with E-state index in [9.17, 15) is 5.11 Å². The van der Waals surface area contributed by atoms with Gasteiger partial charge < -0.3 is 15.3 Å². The standard InChI is InChI=1S/C20H28N6O/c1-13-21-7-4-18(23-13)24-16-10-20(2,3)11-17-15(16)12-22-19(25-17)26-8-5-14(27)6-9-26/h4,7,12,14,16,27H,5-6,8-11H2,1-3H3,(H,21,23,24)/t16-/m0/s1. The summed E-state index contributed by atoms with van der Waals surface area (Å²) in [6, 6.07) is 2.04. The van der Waals surface area contributed by atoms with Gasteiger partial charge in [0, 0.05) is 31.0 Å². The first-order valence-corrected chi connectivity index (χ1v) is 9.75. The lowest BCUT2D eigenvalue weighted by molar-refractivity contribution is 0.145. The first-order valence-electron chi connectivity index (χ1n) is 9.75. The van der Waals surface area contributed by atoms with Crippen molar-refractivity contribution in [3.8, 4) is 0 Å². The zero-order valence-corrected chi connectivity index (χ0v) is 16.3. The van der Waals surface area contributed by atoms with E-state index in [1.54, 1.807) is 6.20 Å². The molecule has 1 aliphatic heterocycles.